The highest BCUT2D eigenvalue weighted by Gasteiger charge is 2.19. The zero-order valence-electron chi connectivity index (χ0n) is 15.7. The predicted molar refractivity (Wildman–Crippen MR) is 118 cm³/mol. The number of nitrogen functional groups attached to an aromatic ring is 2. The van der Waals surface area contributed by atoms with Crippen molar-refractivity contribution in [3.63, 3.8) is 0 Å². The molecule has 4 rings (SSSR count). The number of amides is 1. The number of thiophene rings is 1. The standard InChI is InChI=1S/C21H15N5O3S/c1-10(25-26-20(27)18-17(23)15(9-22)19(24)30-18)13-8-14-12-5-3-2-4-11(12)6-7-16(14)29-21(13)28/h2-8H,23-24H2,1H3,(H,26,27)/b25-10+. The highest BCUT2D eigenvalue weighted by molar-refractivity contribution is 7.18. The summed E-state index contributed by atoms with van der Waals surface area (Å²) in [5, 5.41) is 15.9. The number of anilines is 2. The van der Waals surface area contributed by atoms with Gasteiger partial charge in [0.25, 0.3) is 5.91 Å². The van der Waals surface area contributed by atoms with E-state index in [9.17, 15) is 9.59 Å². The van der Waals surface area contributed by atoms with Crippen LogP contribution in [0.4, 0.5) is 10.7 Å². The van der Waals surface area contributed by atoms with Crippen LogP contribution in [0.1, 0.15) is 27.7 Å². The maximum absolute atomic E-state index is 12.4. The minimum absolute atomic E-state index is 0.00189. The van der Waals surface area contributed by atoms with Crippen LogP contribution in [0.2, 0.25) is 0 Å². The van der Waals surface area contributed by atoms with Crippen molar-refractivity contribution < 1.29 is 9.21 Å². The van der Waals surface area contributed by atoms with E-state index in [0.717, 1.165) is 27.5 Å². The van der Waals surface area contributed by atoms with Crippen molar-refractivity contribution in [2.24, 2.45) is 5.10 Å². The number of hydrazone groups is 1. The third kappa shape index (κ3) is 3.15. The number of nitrogens with zero attached hydrogens (tertiary/aromatic N) is 2. The monoisotopic (exact) mass is 417 g/mol. The van der Waals surface area contributed by atoms with E-state index in [1.54, 1.807) is 19.1 Å². The molecule has 0 saturated heterocycles. The molecule has 0 radical (unpaired) electrons. The van der Waals surface area contributed by atoms with Crippen LogP contribution in [-0.4, -0.2) is 11.6 Å². The van der Waals surface area contributed by atoms with Crippen LogP contribution in [0.15, 0.2) is 56.8 Å². The fraction of sp³-hybridized carbons (Fsp3) is 0.0476. The zero-order chi connectivity index (χ0) is 21.4. The maximum Gasteiger partial charge on any atom is 0.345 e. The SMILES string of the molecule is C/C(=N\NC(=O)c1sc(N)c(C#N)c1N)c1cc2c(ccc3ccccc32)oc1=O. The summed E-state index contributed by atoms with van der Waals surface area (Å²) in [6.45, 7) is 1.58. The molecule has 30 heavy (non-hydrogen) atoms. The van der Waals surface area contributed by atoms with Gasteiger partial charge in [-0.1, -0.05) is 30.3 Å². The first kappa shape index (κ1) is 19.2. The minimum Gasteiger partial charge on any atom is -0.422 e. The van der Waals surface area contributed by atoms with Crippen LogP contribution in [0.3, 0.4) is 0 Å². The Bertz CT molecular complexity index is 1460. The maximum atomic E-state index is 12.4. The molecular weight excluding hydrogens is 402 g/mol. The molecule has 1 amide bonds. The van der Waals surface area contributed by atoms with Crippen LogP contribution in [0.25, 0.3) is 21.7 Å². The molecule has 0 aliphatic carbocycles. The van der Waals surface area contributed by atoms with Crippen LogP contribution in [0.5, 0.6) is 0 Å². The van der Waals surface area contributed by atoms with E-state index >= 15 is 0 Å². The Balaban J connectivity index is 1.71. The first-order valence-corrected chi connectivity index (χ1v) is 9.60. The van der Waals surface area contributed by atoms with Crippen LogP contribution < -0.4 is 22.5 Å². The van der Waals surface area contributed by atoms with E-state index in [1.165, 1.54) is 0 Å². The Kier molecular flexibility index (Phi) is 4.69. The molecule has 2 aromatic carbocycles. The third-order valence-electron chi connectivity index (χ3n) is 4.65. The lowest BCUT2D eigenvalue weighted by molar-refractivity contribution is 0.0959. The number of nitrogens with two attached hydrogens (primary N) is 2. The van der Waals surface area contributed by atoms with Gasteiger partial charge in [0.05, 0.1) is 17.0 Å². The molecule has 0 unspecified atom stereocenters. The number of nitrogens with one attached hydrogen (secondary N) is 1. The molecule has 0 aliphatic rings. The summed E-state index contributed by atoms with van der Waals surface area (Å²) in [7, 11) is 0. The van der Waals surface area contributed by atoms with Gasteiger partial charge in [-0.15, -0.1) is 11.3 Å². The van der Waals surface area contributed by atoms with Gasteiger partial charge in [-0.05, 0) is 29.8 Å². The Morgan fingerprint density at radius 2 is 1.97 bits per heavy atom. The highest BCUT2D eigenvalue weighted by atomic mass is 32.1. The zero-order valence-corrected chi connectivity index (χ0v) is 16.5. The van der Waals surface area contributed by atoms with Crippen molar-refractivity contribution in [2.45, 2.75) is 6.92 Å². The molecule has 2 aromatic heterocycles. The molecule has 0 spiro atoms. The van der Waals surface area contributed by atoms with Gasteiger partial charge >= 0.3 is 5.63 Å². The van der Waals surface area contributed by atoms with Crippen LogP contribution in [0, 0.1) is 11.3 Å². The molecular formula is C21H15N5O3S. The Labute approximate surface area is 174 Å². The average molecular weight is 417 g/mol. The summed E-state index contributed by atoms with van der Waals surface area (Å²) in [6, 6.07) is 14.9. The average Bonchev–Trinajstić information content (AvgIpc) is 3.04. The molecule has 148 valence electrons. The number of carbonyl (C=O) groups excluding carboxylic acids is 1. The summed E-state index contributed by atoms with van der Waals surface area (Å²) in [5.41, 5.74) is 14.3. The number of rotatable bonds is 3. The van der Waals surface area contributed by atoms with Gasteiger partial charge in [0.1, 0.15) is 27.1 Å². The van der Waals surface area contributed by atoms with E-state index in [1.807, 2.05) is 36.4 Å². The number of nitriles is 1. The quantitative estimate of drug-likeness (QED) is 0.202. The Morgan fingerprint density at radius 3 is 2.70 bits per heavy atom. The van der Waals surface area contributed by atoms with Gasteiger partial charge in [-0.25, -0.2) is 10.2 Å². The molecule has 8 nitrogen and oxygen atoms in total. The number of hydrogen-bond donors (Lipinski definition) is 3. The van der Waals surface area contributed by atoms with E-state index < -0.39 is 11.5 Å². The second-order valence-electron chi connectivity index (χ2n) is 6.48. The Hall–Kier alpha value is -4.16. The summed E-state index contributed by atoms with van der Waals surface area (Å²) >= 11 is 0.896. The normalized spacial score (nSPS) is 11.5. The van der Waals surface area contributed by atoms with Gasteiger partial charge in [0.2, 0.25) is 0 Å². The summed E-state index contributed by atoms with van der Waals surface area (Å²) in [4.78, 5) is 24.9. The van der Waals surface area contributed by atoms with Gasteiger partial charge < -0.3 is 15.9 Å². The molecule has 9 heteroatoms. The van der Waals surface area contributed by atoms with Crippen molar-refractivity contribution in [2.75, 3.05) is 11.5 Å². The summed E-state index contributed by atoms with van der Waals surface area (Å²) < 4.78 is 5.45. The third-order valence-corrected chi connectivity index (χ3v) is 5.68. The first-order chi connectivity index (χ1) is 14.4. The van der Waals surface area contributed by atoms with Crippen molar-refractivity contribution >= 4 is 55.4 Å². The van der Waals surface area contributed by atoms with Crippen LogP contribution >= 0.6 is 11.3 Å². The molecule has 0 atom stereocenters. The fourth-order valence-electron chi connectivity index (χ4n) is 3.12. The summed E-state index contributed by atoms with van der Waals surface area (Å²) in [6.07, 6.45) is 0. The highest BCUT2D eigenvalue weighted by Crippen LogP contribution is 2.32. The number of hydrogen-bond acceptors (Lipinski definition) is 8. The number of benzene rings is 2. The van der Waals surface area contributed by atoms with Crippen molar-refractivity contribution in [3.8, 4) is 6.07 Å². The topological polar surface area (TPSA) is 148 Å². The molecule has 4 aromatic rings. The lowest BCUT2D eigenvalue weighted by Crippen LogP contribution is -2.21. The van der Waals surface area contributed by atoms with E-state index in [0.29, 0.717) is 5.58 Å². The van der Waals surface area contributed by atoms with E-state index in [-0.39, 0.29) is 32.4 Å². The molecule has 2 heterocycles. The predicted octanol–water partition coefficient (Wildman–Crippen LogP) is 3.20. The van der Waals surface area contributed by atoms with Crippen molar-refractivity contribution in [1.29, 1.82) is 5.26 Å². The van der Waals surface area contributed by atoms with E-state index in [4.69, 9.17) is 21.1 Å². The van der Waals surface area contributed by atoms with Gasteiger partial charge in [-0.3, -0.25) is 4.79 Å². The lowest BCUT2D eigenvalue weighted by Gasteiger charge is -2.06. The second-order valence-corrected chi connectivity index (χ2v) is 7.53. The van der Waals surface area contributed by atoms with Crippen LogP contribution in [-0.2, 0) is 0 Å². The molecule has 0 fully saturated rings. The van der Waals surface area contributed by atoms with Gasteiger partial charge in [0, 0.05) is 5.39 Å². The fourth-order valence-corrected chi connectivity index (χ4v) is 3.94. The number of carbonyl (C=O) groups is 1. The van der Waals surface area contributed by atoms with Crippen molar-refractivity contribution in [3.05, 3.63) is 68.9 Å². The molecule has 0 bridgehead atoms. The van der Waals surface area contributed by atoms with Gasteiger partial charge in [-0.2, -0.15) is 10.4 Å². The Morgan fingerprint density at radius 1 is 1.20 bits per heavy atom. The first-order valence-electron chi connectivity index (χ1n) is 8.79. The lowest BCUT2D eigenvalue weighted by atomic mass is 10.0. The summed E-state index contributed by atoms with van der Waals surface area (Å²) in [5.74, 6) is -0.624. The van der Waals surface area contributed by atoms with Crippen molar-refractivity contribution in [1.82, 2.24) is 5.43 Å². The smallest absolute Gasteiger partial charge is 0.345 e. The van der Waals surface area contributed by atoms with Gasteiger partial charge in [0.15, 0.2) is 0 Å². The second kappa shape index (κ2) is 7.35. The molecule has 5 N–H and O–H groups in total. The van der Waals surface area contributed by atoms with E-state index in [2.05, 4.69) is 10.5 Å². The number of fused-ring (bicyclic) bond motifs is 3. The molecule has 0 saturated carbocycles. The minimum atomic E-state index is -0.624. The largest absolute Gasteiger partial charge is 0.422 e. The molecule has 0 aliphatic heterocycles.